The largest absolute Gasteiger partial charge is 0.462 e. The lowest BCUT2D eigenvalue weighted by atomic mass is 10.1. The van der Waals surface area contributed by atoms with Crippen LogP contribution in [0.25, 0.3) is 0 Å². The van der Waals surface area contributed by atoms with Gasteiger partial charge in [0.15, 0.2) is 0 Å². The molecule has 0 spiro atoms. The Hall–Kier alpha value is -2.42. The van der Waals surface area contributed by atoms with Gasteiger partial charge in [0.05, 0.1) is 23.2 Å². The molecule has 6 nitrogen and oxygen atoms in total. The lowest BCUT2D eigenvalue weighted by Gasteiger charge is -2.02. The van der Waals surface area contributed by atoms with E-state index in [0.29, 0.717) is 0 Å². The van der Waals surface area contributed by atoms with Gasteiger partial charge in [-0.2, -0.15) is 5.26 Å². The van der Waals surface area contributed by atoms with Gasteiger partial charge in [0.1, 0.15) is 5.56 Å². The van der Waals surface area contributed by atoms with Crippen molar-refractivity contribution >= 4 is 11.7 Å². The van der Waals surface area contributed by atoms with Crippen molar-refractivity contribution in [2.45, 2.75) is 6.92 Å². The molecular weight excluding hydrogens is 212 g/mol. The van der Waals surface area contributed by atoms with Gasteiger partial charge >= 0.3 is 5.97 Å². The summed E-state index contributed by atoms with van der Waals surface area (Å²) < 4.78 is 4.67. The molecule has 0 atom stereocenters. The van der Waals surface area contributed by atoms with Gasteiger partial charge in [0, 0.05) is 6.07 Å². The molecule has 0 bridgehead atoms. The van der Waals surface area contributed by atoms with Crippen molar-refractivity contribution in [3.05, 3.63) is 39.4 Å². The Labute approximate surface area is 91.2 Å². The Kier molecular flexibility index (Phi) is 3.56. The smallest absolute Gasteiger partial charge is 0.345 e. The van der Waals surface area contributed by atoms with E-state index in [2.05, 4.69) is 4.74 Å². The van der Waals surface area contributed by atoms with Crippen molar-refractivity contribution < 1.29 is 14.5 Å². The van der Waals surface area contributed by atoms with Crippen LogP contribution in [0.15, 0.2) is 18.2 Å². The summed E-state index contributed by atoms with van der Waals surface area (Å²) in [6.45, 7) is 1.71. The molecule has 0 unspecified atom stereocenters. The molecule has 0 aliphatic rings. The van der Waals surface area contributed by atoms with Gasteiger partial charge in [-0.1, -0.05) is 0 Å². The predicted molar refractivity (Wildman–Crippen MR) is 53.8 cm³/mol. The van der Waals surface area contributed by atoms with Gasteiger partial charge in [-0.05, 0) is 19.1 Å². The van der Waals surface area contributed by atoms with E-state index in [0.717, 1.165) is 12.1 Å². The monoisotopic (exact) mass is 220 g/mol. The Morgan fingerprint density at radius 2 is 2.31 bits per heavy atom. The van der Waals surface area contributed by atoms with E-state index >= 15 is 0 Å². The summed E-state index contributed by atoms with van der Waals surface area (Å²) in [7, 11) is 0. The third kappa shape index (κ3) is 2.33. The summed E-state index contributed by atoms with van der Waals surface area (Å²) >= 11 is 0. The molecular formula is C10H8N2O4. The maximum atomic E-state index is 11.4. The van der Waals surface area contributed by atoms with Crippen LogP contribution in [-0.4, -0.2) is 17.5 Å². The molecule has 1 aromatic rings. The second kappa shape index (κ2) is 4.89. The summed E-state index contributed by atoms with van der Waals surface area (Å²) in [6, 6.07) is 5.34. The van der Waals surface area contributed by atoms with E-state index in [1.54, 1.807) is 13.0 Å². The van der Waals surface area contributed by atoms with E-state index in [-0.39, 0.29) is 23.4 Å². The van der Waals surface area contributed by atoms with E-state index in [1.807, 2.05) is 0 Å². The van der Waals surface area contributed by atoms with Gasteiger partial charge in [-0.15, -0.1) is 0 Å². The van der Waals surface area contributed by atoms with Crippen molar-refractivity contribution in [1.82, 2.24) is 0 Å². The van der Waals surface area contributed by atoms with Crippen molar-refractivity contribution in [2.75, 3.05) is 6.61 Å². The Morgan fingerprint density at radius 3 is 2.81 bits per heavy atom. The molecule has 6 heteroatoms. The summed E-state index contributed by atoms with van der Waals surface area (Å²) in [6.07, 6.45) is 0. The molecule has 0 saturated heterocycles. The standard InChI is InChI=1S/C10H8N2O4/c1-2-16-10(13)8-5-7(6-11)3-4-9(8)12(14)15/h3-5H,2H2,1H3. The van der Waals surface area contributed by atoms with Gasteiger partial charge in [-0.3, -0.25) is 10.1 Å². The molecule has 0 heterocycles. The molecule has 0 aromatic heterocycles. The number of nitriles is 1. The van der Waals surface area contributed by atoms with Crippen molar-refractivity contribution in [3.8, 4) is 6.07 Å². The molecule has 0 N–H and O–H groups in total. The first-order chi connectivity index (χ1) is 7.60. The number of esters is 1. The first-order valence-electron chi connectivity index (χ1n) is 4.45. The van der Waals surface area contributed by atoms with Crippen LogP contribution in [-0.2, 0) is 4.74 Å². The molecule has 0 radical (unpaired) electrons. The fourth-order valence-corrected chi connectivity index (χ4v) is 1.14. The van der Waals surface area contributed by atoms with Crippen LogP contribution in [0, 0.1) is 21.4 Å². The number of hydrogen-bond donors (Lipinski definition) is 0. The average molecular weight is 220 g/mol. The fraction of sp³-hybridized carbons (Fsp3) is 0.200. The molecule has 0 fully saturated rings. The third-order valence-corrected chi connectivity index (χ3v) is 1.82. The Balaban J connectivity index is 3.26. The SMILES string of the molecule is CCOC(=O)c1cc(C#N)ccc1[N+](=O)[O-]. The minimum Gasteiger partial charge on any atom is -0.462 e. The van der Waals surface area contributed by atoms with Gasteiger partial charge in [0.2, 0.25) is 0 Å². The summed E-state index contributed by atoms with van der Waals surface area (Å²) in [5.74, 6) is -0.800. The molecule has 1 rings (SSSR count). The zero-order valence-corrected chi connectivity index (χ0v) is 8.47. The second-order valence-electron chi connectivity index (χ2n) is 2.82. The number of ether oxygens (including phenoxy) is 1. The minimum absolute atomic E-state index is 0.118. The number of hydrogen-bond acceptors (Lipinski definition) is 5. The van der Waals surface area contributed by atoms with Crippen LogP contribution in [0.1, 0.15) is 22.8 Å². The number of benzene rings is 1. The van der Waals surface area contributed by atoms with Crippen LogP contribution in [0.2, 0.25) is 0 Å². The van der Waals surface area contributed by atoms with Gasteiger partial charge in [0.25, 0.3) is 5.69 Å². The normalized spacial score (nSPS) is 9.25. The van der Waals surface area contributed by atoms with E-state index in [4.69, 9.17) is 5.26 Å². The van der Waals surface area contributed by atoms with Gasteiger partial charge in [-0.25, -0.2) is 4.79 Å². The molecule has 16 heavy (non-hydrogen) atoms. The van der Waals surface area contributed by atoms with Crippen LogP contribution >= 0.6 is 0 Å². The van der Waals surface area contributed by atoms with Crippen LogP contribution in [0.5, 0.6) is 0 Å². The molecule has 1 aromatic carbocycles. The molecule has 0 aliphatic carbocycles. The first-order valence-corrected chi connectivity index (χ1v) is 4.45. The summed E-state index contributed by atoms with van der Waals surface area (Å²) in [4.78, 5) is 21.4. The van der Waals surface area contributed by atoms with Crippen LogP contribution < -0.4 is 0 Å². The lowest BCUT2D eigenvalue weighted by Crippen LogP contribution is -2.08. The topological polar surface area (TPSA) is 93.2 Å². The number of carbonyl (C=O) groups is 1. The molecule has 0 aliphatic heterocycles. The van der Waals surface area contributed by atoms with Crippen LogP contribution in [0.3, 0.4) is 0 Å². The van der Waals surface area contributed by atoms with Crippen LogP contribution in [0.4, 0.5) is 5.69 Å². The maximum absolute atomic E-state index is 11.4. The zero-order valence-electron chi connectivity index (χ0n) is 8.47. The van der Waals surface area contributed by atoms with E-state index < -0.39 is 10.9 Å². The van der Waals surface area contributed by atoms with E-state index in [1.165, 1.54) is 6.07 Å². The number of nitrogens with zero attached hydrogens (tertiary/aromatic N) is 2. The lowest BCUT2D eigenvalue weighted by molar-refractivity contribution is -0.385. The maximum Gasteiger partial charge on any atom is 0.345 e. The van der Waals surface area contributed by atoms with Crippen molar-refractivity contribution in [3.63, 3.8) is 0 Å². The first kappa shape index (κ1) is 11.7. The number of nitro benzene ring substituents is 1. The minimum atomic E-state index is -0.800. The highest BCUT2D eigenvalue weighted by Gasteiger charge is 2.21. The highest BCUT2D eigenvalue weighted by Crippen LogP contribution is 2.20. The fourth-order valence-electron chi connectivity index (χ4n) is 1.14. The summed E-state index contributed by atoms with van der Waals surface area (Å²) in [5, 5.41) is 19.3. The average Bonchev–Trinajstić information content (AvgIpc) is 2.28. The quantitative estimate of drug-likeness (QED) is 0.438. The second-order valence-corrected chi connectivity index (χ2v) is 2.82. The molecule has 0 amide bonds. The summed E-state index contributed by atoms with van der Waals surface area (Å²) in [5.41, 5.74) is -0.392. The Bertz CT molecular complexity index is 476. The Morgan fingerprint density at radius 1 is 1.62 bits per heavy atom. The molecule has 82 valence electrons. The van der Waals surface area contributed by atoms with Gasteiger partial charge < -0.3 is 4.74 Å². The number of carbonyl (C=O) groups excluding carboxylic acids is 1. The third-order valence-electron chi connectivity index (χ3n) is 1.82. The highest BCUT2D eigenvalue weighted by atomic mass is 16.6. The predicted octanol–water partition coefficient (Wildman–Crippen LogP) is 1.64. The number of nitro groups is 1. The van der Waals surface area contributed by atoms with Crippen molar-refractivity contribution in [1.29, 1.82) is 5.26 Å². The van der Waals surface area contributed by atoms with Crippen molar-refractivity contribution in [2.24, 2.45) is 0 Å². The van der Waals surface area contributed by atoms with E-state index in [9.17, 15) is 14.9 Å². The zero-order chi connectivity index (χ0) is 12.1. The molecule has 0 saturated carbocycles. The highest BCUT2D eigenvalue weighted by molar-refractivity contribution is 5.94. The number of rotatable bonds is 3.